The molecule has 0 bridgehead atoms. The van der Waals surface area contributed by atoms with Crippen molar-refractivity contribution in [2.24, 2.45) is 0 Å². The summed E-state index contributed by atoms with van der Waals surface area (Å²) in [6, 6.07) is 28.5. The van der Waals surface area contributed by atoms with Gasteiger partial charge in [0, 0.05) is 41.6 Å². The number of carbonyl (C=O) groups is 3. The summed E-state index contributed by atoms with van der Waals surface area (Å²) >= 11 is 7.52. The molecule has 0 radical (unpaired) electrons. The van der Waals surface area contributed by atoms with Crippen LogP contribution >= 0.6 is 23.4 Å². The fourth-order valence-corrected chi connectivity index (χ4v) is 5.25. The molecule has 44 heavy (non-hydrogen) atoms. The summed E-state index contributed by atoms with van der Waals surface area (Å²) in [7, 11) is 5.41. The largest absolute Gasteiger partial charge is 0.495 e. The molecule has 0 aliphatic carbocycles. The van der Waals surface area contributed by atoms with Crippen molar-refractivity contribution < 1.29 is 19.1 Å². The summed E-state index contributed by atoms with van der Waals surface area (Å²) in [5, 5.41) is 8.44. The van der Waals surface area contributed by atoms with Gasteiger partial charge < -0.3 is 25.6 Å². The molecule has 0 heterocycles. The Bertz CT molecular complexity index is 1660. The van der Waals surface area contributed by atoms with Crippen LogP contribution in [0.2, 0.25) is 5.02 Å². The normalized spacial score (nSPS) is 11.7. The van der Waals surface area contributed by atoms with Crippen LogP contribution < -0.4 is 25.6 Å². The summed E-state index contributed by atoms with van der Waals surface area (Å²) in [6.45, 7) is 1.79. The fraction of sp³-hybridized carbons (Fsp3) is 0.147. The summed E-state index contributed by atoms with van der Waals surface area (Å²) < 4.78 is 5.16. The second-order valence-electron chi connectivity index (χ2n) is 9.94. The fourth-order valence-electron chi connectivity index (χ4n) is 4.07. The number of ether oxygens (including phenoxy) is 1. The van der Waals surface area contributed by atoms with Gasteiger partial charge in [0.05, 0.1) is 17.4 Å². The second kappa shape index (κ2) is 15.1. The van der Waals surface area contributed by atoms with Crippen molar-refractivity contribution in [3.63, 3.8) is 0 Å². The van der Waals surface area contributed by atoms with Gasteiger partial charge in [-0.05, 0) is 79.2 Å². The molecule has 8 nitrogen and oxygen atoms in total. The Labute approximate surface area is 266 Å². The number of hydrogen-bond donors (Lipinski definition) is 3. The molecule has 0 aliphatic rings. The van der Waals surface area contributed by atoms with Crippen molar-refractivity contribution in [1.29, 1.82) is 0 Å². The van der Waals surface area contributed by atoms with E-state index < -0.39 is 17.1 Å². The number of halogens is 1. The first-order chi connectivity index (χ1) is 21.1. The maximum absolute atomic E-state index is 13.5. The maximum atomic E-state index is 13.5. The number of rotatable bonds is 11. The quantitative estimate of drug-likeness (QED) is 0.123. The highest BCUT2D eigenvalue weighted by Gasteiger charge is 2.18. The molecule has 0 fully saturated rings. The summed E-state index contributed by atoms with van der Waals surface area (Å²) in [5.74, 6) is -0.583. The highest BCUT2D eigenvalue weighted by atomic mass is 35.5. The molecule has 4 aromatic rings. The van der Waals surface area contributed by atoms with Gasteiger partial charge in [0.25, 0.3) is 11.8 Å². The molecule has 3 N–H and O–H groups in total. The van der Waals surface area contributed by atoms with Gasteiger partial charge in [-0.25, -0.2) is 0 Å². The van der Waals surface area contributed by atoms with E-state index in [1.165, 1.54) is 18.9 Å². The van der Waals surface area contributed by atoms with Crippen LogP contribution in [0, 0.1) is 0 Å². The Kier molecular flexibility index (Phi) is 11.1. The zero-order valence-corrected chi connectivity index (χ0v) is 26.3. The van der Waals surface area contributed by atoms with Crippen molar-refractivity contribution in [2.75, 3.05) is 36.7 Å². The average molecular weight is 629 g/mol. The monoisotopic (exact) mass is 628 g/mol. The number of nitrogens with one attached hydrogen (secondary N) is 3. The van der Waals surface area contributed by atoms with Gasteiger partial charge in [0.2, 0.25) is 5.91 Å². The van der Waals surface area contributed by atoms with Crippen molar-refractivity contribution >= 4 is 64.2 Å². The molecule has 10 heteroatoms. The molecule has 4 aromatic carbocycles. The molecule has 1 unspecified atom stereocenters. The number of carbonyl (C=O) groups excluding carboxylic acids is 3. The number of anilines is 3. The smallest absolute Gasteiger partial charge is 0.272 e. The molecular formula is C34H33ClN4O4S. The minimum Gasteiger partial charge on any atom is -0.495 e. The van der Waals surface area contributed by atoms with Crippen LogP contribution in [0.25, 0.3) is 6.08 Å². The Balaban J connectivity index is 1.48. The van der Waals surface area contributed by atoms with Crippen LogP contribution in [-0.4, -0.2) is 44.2 Å². The lowest BCUT2D eigenvalue weighted by molar-refractivity contribution is -0.115. The van der Waals surface area contributed by atoms with E-state index >= 15 is 0 Å². The minimum atomic E-state index is -0.490. The number of benzene rings is 4. The predicted molar refractivity (Wildman–Crippen MR) is 180 cm³/mol. The summed E-state index contributed by atoms with van der Waals surface area (Å²) in [4.78, 5) is 42.1. The lowest BCUT2D eigenvalue weighted by Gasteiger charge is -2.15. The van der Waals surface area contributed by atoms with Gasteiger partial charge in [-0.15, -0.1) is 11.8 Å². The van der Waals surface area contributed by atoms with Crippen molar-refractivity contribution in [3.8, 4) is 5.75 Å². The standard InChI is InChI=1S/C34H33ClN4O4S/c1-22(32(40)36-26-15-18-31(43-4)29(35)21-26)44-28-12-8-11-25(20-28)37-34(42)30(38-33(41)24-9-6-5-7-10-24)19-23-13-16-27(17-14-23)39(2)3/h5-22H,1-4H3,(H,36,40)(H,37,42)(H,38,41)/b30-19+. The molecular weight excluding hydrogens is 596 g/mol. The van der Waals surface area contributed by atoms with Crippen molar-refractivity contribution in [3.05, 3.63) is 119 Å². The van der Waals surface area contributed by atoms with Crippen molar-refractivity contribution in [2.45, 2.75) is 17.1 Å². The van der Waals surface area contributed by atoms with Crippen LogP contribution in [0.3, 0.4) is 0 Å². The molecule has 0 saturated carbocycles. The van der Waals surface area contributed by atoms with E-state index in [1.807, 2.05) is 55.4 Å². The van der Waals surface area contributed by atoms with E-state index in [0.717, 1.165) is 16.1 Å². The molecule has 0 aliphatic heterocycles. The lowest BCUT2D eigenvalue weighted by atomic mass is 10.1. The highest BCUT2D eigenvalue weighted by molar-refractivity contribution is 8.00. The SMILES string of the molecule is COc1ccc(NC(=O)C(C)Sc2cccc(NC(=O)/C(=C\c3ccc(N(C)C)cc3)NC(=O)c3ccccc3)c2)cc1Cl. The Morgan fingerprint density at radius 2 is 1.57 bits per heavy atom. The molecule has 1 atom stereocenters. The zero-order chi connectivity index (χ0) is 31.6. The first-order valence-electron chi connectivity index (χ1n) is 13.7. The minimum absolute atomic E-state index is 0.0837. The zero-order valence-electron chi connectivity index (χ0n) is 24.8. The summed E-state index contributed by atoms with van der Waals surface area (Å²) in [5.41, 5.74) is 3.33. The van der Waals surface area contributed by atoms with E-state index in [1.54, 1.807) is 73.7 Å². The van der Waals surface area contributed by atoms with Gasteiger partial charge in [-0.1, -0.05) is 48.0 Å². The Morgan fingerprint density at radius 3 is 2.23 bits per heavy atom. The van der Waals surface area contributed by atoms with Gasteiger partial charge in [-0.2, -0.15) is 0 Å². The number of hydrogen-bond acceptors (Lipinski definition) is 6. The predicted octanol–water partition coefficient (Wildman–Crippen LogP) is 6.94. The van der Waals surface area contributed by atoms with Crippen LogP contribution in [0.15, 0.2) is 108 Å². The van der Waals surface area contributed by atoms with E-state index in [2.05, 4.69) is 16.0 Å². The average Bonchev–Trinajstić information content (AvgIpc) is 3.01. The van der Waals surface area contributed by atoms with Crippen LogP contribution in [0.4, 0.5) is 17.1 Å². The van der Waals surface area contributed by atoms with Gasteiger partial charge in [0.15, 0.2) is 0 Å². The first-order valence-corrected chi connectivity index (χ1v) is 15.0. The Morgan fingerprint density at radius 1 is 0.864 bits per heavy atom. The third-order valence-electron chi connectivity index (χ3n) is 6.44. The molecule has 3 amide bonds. The molecule has 226 valence electrons. The molecule has 0 saturated heterocycles. The molecule has 0 spiro atoms. The number of amides is 3. The van der Waals surface area contributed by atoms with Crippen LogP contribution in [0.1, 0.15) is 22.8 Å². The maximum Gasteiger partial charge on any atom is 0.272 e. The summed E-state index contributed by atoms with van der Waals surface area (Å²) in [6.07, 6.45) is 1.63. The lowest BCUT2D eigenvalue weighted by Crippen LogP contribution is -2.30. The second-order valence-corrected chi connectivity index (χ2v) is 11.8. The van der Waals surface area contributed by atoms with Crippen molar-refractivity contribution in [1.82, 2.24) is 5.32 Å². The van der Waals surface area contributed by atoms with Crippen LogP contribution in [0.5, 0.6) is 5.75 Å². The van der Waals surface area contributed by atoms with Gasteiger partial charge >= 0.3 is 0 Å². The molecule has 0 aromatic heterocycles. The molecule has 4 rings (SSSR count). The third-order valence-corrected chi connectivity index (χ3v) is 7.83. The topological polar surface area (TPSA) is 99.8 Å². The Hall–Kier alpha value is -4.73. The third kappa shape index (κ3) is 8.89. The van der Waals surface area contributed by atoms with E-state index in [4.69, 9.17) is 16.3 Å². The first kappa shape index (κ1) is 32.2. The number of thioether (sulfide) groups is 1. The van der Waals surface area contributed by atoms with Gasteiger partial charge in [-0.3, -0.25) is 14.4 Å². The van der Waals surface area contributed by atoms with E-state index in [0.29, 0.717) is 27.7 Å². The van der Waals surface area contributed by atoms with E-state index in [9.17, 15) is 14.4 Å². The number of methoxy groups -OCH3 is 1. The van der Waals surface area contributed by atoms with Crippen LogP contribution in [-0.2, 0) is 9.59 Å². The van der Waals surface area contributed by atoms with Gasteiger partial charge in [0.1, 0.15) is 11.4 Å². The number of nitrogens with zero attached hydrogens (tertiary/aromatic N) is 1. The highest BCUT2D eigenvalue weighted by Crippen LogP contribution is 2.29. The van der Waals surface area contributed by atoms with E-state index in [-0.39, 0.29) is 11.6 Å².